The molecule has 0 aliphatic carbocycles. The van der Waals surface area contributed by atoms with Gasteiger partial charge in [0, 0.05) is 17.9 Å². The Balaban J connectivity index is 1.58. The molecule has 118 valence electrons. The number of hydrogen-bond donors (Lipinski definition) is 0. The zero-order valence-corrected chi connectivity index (χ0v) is 13.3. The molecule has 1 atom stereocenters. The van der Waals surface area contributed by atoms with Crippen LogP contribution in [0.5, 0.6) is 5.75 Å². The van der Waals surface area contributed by atoms with Crippen LogP contribution in [0.2, 0.25) is 0 Å². The quantitative estimate of drug-likeness (QED) is 0.865. The van der Waals surface area contributed by atoms with Gasteiger partial charge in [0.1, 0.15) is 5.75 Å². The smallest absolute Gasteiger partial charge is 0.264 e. The van der Waals surface area contributed by atoms with Crippen LogP contribution in [-0.2, 0) is 16.8 Å². The monoisotopic (exact) mass is 302 g/mol. The highest BCUT2D eigenvalue weighted by Gasteiger charge is 2.21. The maximum atomic E-state index is 5.71. The van der Waals surface area contributed by atoms with Crippen molar-refractivity contribution < 1.29 is 14.0 Å². The van der Waals surface area contributed by atoms with E-state index in [4.69, 9.17) is 14.0 Å². The fourth-order valence-corrected chi connectivity index (χ4v) is 2.40. The van der Waals surface area contributed by atoms with E-state index in [1.54, 1.807) is 0 Å². The van der Waals surface area contributed by atoms with Crippen molar-refractivity contribution in [3.8, 4) is 5.75 Å². The number of rotatable bonds is 4. The van der Waals surface area contributed by atoms with Crippen molar-refractivity contribution in [1.29, 1.82) is 0 Å². The van der Waals surface area contributed by atoms with Crippen molar-refractivity contribution in [2.45, 2.75) is 45.1 Å². The molecule has 0 spiro atoms. The third-order valence-electron chi connectivity index (χ3n) is 3.78. The van der Waals surface area contributed by atoms with Gasteiger partial charge in [0.15, 0.2) is 12.4 Å². The zero-order valence-electron chi connectivity index (χ0n) is 13.3. The largest absolute Gasteiger partial charge is 0.484 e. The average molecular weight is 302 g/mol. The molecule has 1 unspecified atom stereocenters. The van der Waals surface area contributed by atoms with Gasteiger partial charge in [-0.25, -0.2) is 0 Å². The molecule has 1 aromatic carbocycles. The van der Waals surface area contributed by atoms with E-state index >= 15 is 0 Å². The van der Waals surface area contributed by atoms with Crippen molar-refractivity contribution in [2.24, 2.45) is 0 Å². The molecule has 5 heteroatoms. The minimum absolute atomic E-state index is 0.118. The van der Waals surface area contributed by atoms with Gasteiger partial charge in [0.25, 0.3) is 5.89 Å². The molecule has 1 aromatic heterocycles. The van der Waals surface area contributed by atoms with E-state index in [-0.39, 0.29) is 12.0 Å². The topological polar surface area (TPSA) is 57.4 Å². The van der Waals surface area contributed by atoms with Gasteiger partial charge in [0.05, 0.1) is 6.61 Å². The van der Waals surface area contributed by atoms with Crippen LogP contribution < -0.4 is 4.74 Å². The molecular weight excluding hydrogens is 280 g/mol. The standard InChI is InChI=1S/C17H22N2O3/c1-17(2,3)16-18-15(22-19-16)11-21-14-6-4-12(5-7-14)13-8-9-20-10-13/h4-7,13H,8-11H2,1-3H3. The lowest BCUT2D eigenvalue weighted by Crippen LogP contribution is -2.13. The SMILES string of the molecule is CC(C)(C)c1noc(COc2ccc(C3CCOC3)cc2)n1. The number of benzene rings is 1. The fourth-order valence-electron chi connectivity index (χ4n) is 2.40. The van der Waals surface area contributed by atoms with Crippen LogP contribution in [0, 0.1) is 0 Å². The average Bonchev–Trinajstić information content (AvgIpc) is 3.16. The Labute approximate surface area is 130 Å². The zero-order chi connectivity index (χ0) is 15.6. The maximum Gasteiger partial charge on any atom is 0.264 e. The molecule has 2 heterocycles. The first-order chi connectivity index (χ1) is 10.5. The van der Waals surface area contributed by atoms with Crippen LogP contribution in [0.1, 0.15) is 50.4 Å². The predicted octanol–water partition coefficient (Wildman–Crippen LogP) is 3.45. The molecule has 0 bridgehead atoms. The van der Waals surface area contributed by atoms with Crippen LogP contribution in [0.4, 0.5) is 0 Å². The summed E-state index contributed by atoms with van der Waals surface area (Å²) < 4.78 is 16.3. The molecule has 0 saturated carbocycles. The van der Waals surface area contributed by atoms with E-state index in [1.165, 1.54) is 5.56 Å². The van der Waals surface area contributed by atoms with E-state index in [0.29, 0.717) is 17.6 Å². The molecular formula is C17H22N2O3. The molecule has 1 fully saturated rings. The first kappa shape index (κ1) is 15.0. The first-order valence-electron chi connectivity index (χ1n) is 7.66. The van der Waals surface area contributed by atoms with Crippen LogP contribution in [0.3, 0.4) is 0 Å². The van der Waals surface area contributed by atoms with Gasteiger partial charge in [-0.15, -0.1) is 0 Å². The summed E-state index contributed by atoms with van der Waals surface area (Å²) in [6.07, 6.45) is 1.10. The lowest BCUT2D eigenvalue weighted by atomic mass is 9.96. The highest BCUT2D eigenvalue weighted by atomic mass is 16.5. The Hall–Kier alpha value is -1.88. The van der Waals surface area contributed by atoms with Crippen molar-refractivity contribution in [3.05, 3.63) is 41.5 Å². The number of ether oxygens (including phenoxy) is 2. The summed E-state index contributed by atoms with van der Waals surface area (Å²) in [5.74, 6) is 2.51. The molecule has 1 aliphatic heterocycles. The van der Waals surface area contributed by atoms with Gasteiger partial charge in [-0.1, -0.05) is 38.1 Å². The van der Waals surface area contributed by atoms with Gasteiger partial charge < -0.3 is 14.0 Å². The summed E-state index contributed by atoms with van der Waals surface area (Å²) in [4.78, 5) is 4.36. The summed E-state index contributed by atoms with van der Waals surface area (Å²) in [5, 5.41) is 3.99. The molecule has 0 amide bonds. The van der Waals surface area contributed by atoms with Crippen LogP contribution >= 0.6 is 0 Å². The van der Waals surface area contributed by atoms with E-state index in [1.807, 2.05) is 32.9 Å². The third kappa shape index (κ3) is 3.47. The van der Waals surface area contributed by atoms with E-state index in [0.717, 1.165) is 25.4 Å². The van der Waals surface area contributed by atoms with Gasteiger partial charge in [-0.3, -0.25) is 0 Å². The Bertz CT molecular complexity index is 608. The van der Waals surface area contributed by atoms with Crippen LogP contribution in [0.15, 0.2) is 28.8 Å². The molecule has 3 rings (SSSR count). The highest BCUT2D eigenvalue weighted by Crippen LogP contribution is 2.27. The van der Waals surface area contributed by atoms with Gasteiger partial charge in [-0.2, -0.15) is 4.98 Å². The molecule has 2 aromatic rings. The second-order valence-electron chi connectivity index (χ2n) is 6.68. The Morgan fingerprint density at radius 2 is 2.00 bits per heavy atom. The van der Waals surface area contributed by atoms with Crippen molar-refractivity contribution in [1.82, 2.24) is 10.1 Å². The molecule has 0 radical (unpaired) electrons. The van der Waals surface area contributed by atoms with Gasteiger partial charge in [-0.05, 0) is 24.1 Å². The lowest BCUT2D eigenvalue weighted by molar-refractivity contribution is 0.194. The molecule has 5 nitrogen and oxygen atoms in total. The minimum Gasteiger partial charge on any atom is -0.484 e. The predicted molar refractivity (Wildman–Crippen MR) is 81.9 cm³/mol. The molecule has 1 aliphatic rings. The van der Waals surface area contributed by atoms with Crippen molar-refractivity contribution >= 4 is 0 Å². The Morgan fingerprint density at radius 3 is 2.59 bits per heavy atom. The van der Waals surface area contributed by atoms with Crippen molar-refractivity contribution in [3.63, 3.8) is 0 Å². The number of nitrogens with zero attached hydrogens (tertiary/aromatic N) is 2. The fraction of sp³-hybridized carbons (Fsp3) is 0.529. The summed E-state index contributed by atoms with van der Waals surface area (Å²) in [6.45, 7) is 8.11. The molecule has 0 N–H and O–H groups in total. The molecule has 22 heavy (non-hydrogen) atoms. The first-order valence-corrected chi connectivity index (χ1v) is 7.66. The second kappa shape index (κ2) is 6.08. The lowest BCUT2D eigenvalue weighted by Gasteiger charge is -2.11. The van der Waals surface area contributed by atoms with Gasteiger partial charge in [0.2, 0.25) is 0 Å². The van der Waals surface area contributed by atoms with E-state index < -0.39 is 0 Å². The normalized spacial score (nSPS) is 18.6. The molecule has 1 saturated heterocycles. The van der Waals surface area contributed by atoms with Crippen molar-refractivity contribution in [2.75, 3.05) is 13.2 Å². The summed E-state index contributed by atoms with van der Waals surface area (Å²) >= 11 is 0. The number of hydrogen-bond acceptors (Lipinski definition) is 5. The summed E-state index contributed by atoms with van der Waals surface area (Å²) in [5.41, 5.74) is 1.19. The van der Waals surface area contributed by atoms with E-state index in [2.05, 4.69) is 22.3 Å². The Kier molecular flexibility index (Phi) is 4.16. The summed E-state index contributed by atoms with van der Waals surface area (Å²) in [7, 11) is 0. The third-order valence-corrected chi connectivity index (χ3v) is 3.78. The maximum absolute atomic E-state index is 5.71. The van der Waals surface area contributed by atoms with E-state index in [9.17, 15) is 0 Å². The minimum atomic E-state index is -0.118. The highest BCUT2D eigenvalue weighted by molar-refractivity contribution is 5.29. The summed E-state index contributed by atoms with van der Waals surface area (Å²) in [6, 6.07) is 8.16. The number of aromatic nitrogens is 2. The Morgan fingerprint density at radius 1 is 1.23 bits per heavy atom. The van der Waals surface area contributed by atoms with Gasteiger partial charge >= 0.3 is 0 Å². The van der Waals surface area contributed by atoms with Crippen LogP contribution in [0.25, 0.3) is 0 Å². The second-order valence-corrected chi connectivity index (χ2v) is 6.68. The van der Waals surface area contributed by atoms with Crippen LogP contribution in [-0.4, -0.2) is 23.4 Å².